The van der Waals surface area contributed by atoms with Gasteiger partial charge in [0.1, 0.15) is 5.75 Å². The van der Waals surface area contributed by atoms with Crippen molar-refractivity contribution in [1.29, 1.82) is 0 Å². The Morgan fingerprint density at radius 1 is 1.04 bits per heavy atom. The SMILES string of the molecule is COc1ccc([C@@H]2CC(c3cccs3)=NN2C(=O)CSc2nnc(CNC(=O)c3cccc([N+](=O)[O-])c3C)n2Cc2ccccc2)cc1. The van der Waals surface area contributed by atoms with E-state index >= 15 is 0 Å². The number of amides is 2. The largest absolute Gasteiger partial charge is 0.497 e. The quantitative estimate of drug-likeness (QED) is 0.0958. The summed E-state index contributed by atoms with van der Waals surface area (Å²) in [7, 11) is 1.61. The minimum absolute atomic E-state index is 0.0233. The van der Waals surface area contributed by atoms with Crippen molar-refractivity contribution in [2.75, 3.05) is 12.9 Å². The second-order valence-electron chi connectivity index (χ2n) is 10.9. The number of carbonyl (C=O) groups is 2. The summed E-state index contributed by atoms with van der Waals surface area (Å²) in [6.45, 7) is 1.98. The molecule has 12 nitrogen and oxygen atoms in total. The third-order valence-corrected chi connectivity index (χ3v) is 9.80. The van der Waals surface area contributed by atoms with Gasteiger partial charge in [0.2, 0.25) is 0 Å². The standard InChI is InChI=1S/C34H31N7O5S2/c1-22-26(10-6-11-28(22)41(44)45)33(43)35-19-31-36-37-34(39(31)20-23-8-4-3-5-9-23)48-21-32(42)40-29(24-13-15-25(46-2)16-14-24)18-27(38-40)30-12-7-17-47-30/h3-17,29H,18-21H2,1-2H3,(H,35,43)/t29-/m0/s1. The predicted molar refractivity (Wildman–Crippen MR) is 183 cm³/mol. The molecule has 0 fully saturated rings. The van der Waals surface area contributed by atoms with Crippen LogP contribution in [0.3, 0.4) is 0 Å². The van der Waals surface area contributed by atoms with Gasteiger partial charge in [-0.2, -0.15) is 5.10 Å². The van der Waals surface area contributed by atoms with Crippen LogP contribution in [-0.4, -0.2) is 55.1 Å². The van der Waals surface area contributed by atoms with E-state index in [2.05, 4.69) is 15.5 Å². The van der Waals surface area contributed by atoms with E-state index in [0.29, 0.717) is 23.9 Å². The second-order valence-corrected chi connectivity index (χ2v) is 12.8. The van der Waals surface area contributed by atoms with Crippen LogP contribution in [0.15, 0.2) is 101 Å². The molecule has 14 heteroatoms. The molecule has 0 spiro atoms. The number of nitro benzene ring substituents is 1. The Kier molecular flexibility index (Phi) is 9.92. The minimum Gasteiger partial charge on any atom is -0.497 e. The van der Waals surface area contributed by atoms with Crippen LogP contribution in [0.2, 0.25) is 0 Å². The molecule has 0 unspecified atom stereocenters. The van der Waals surface area contributed by atoms with Gasteiger partial charge in [-0.25, -0.2) is 5.01 Å². The van der Waals surface area contributed by atoms with E-state index in [4.69, 9.17) is 9.84 Å². The minimum atomic E-state index is -0.511. The molecule has 1 N–H and O–H groups in total. The van der Waals surface area contributed by atoms with Gasteiger partial charge in [-0.05, 0) is 47.7 Å². The molecule has 0 aliphatic carbocycles. The van der Waals surface area contributed by atoms with Crippen LogP contribution in [0.25, 0.3) is 0 Å². The van der Waals surface area contributed by atoms with E-state index in [-0.39, 0.29) is 41.1 Å². The van der Waals surface area contributed by atoms with Crippen molar-refractivity contribution in [3.05, 3.63) is 133 Å². The van der Waals surface area contributed by atoms with Crippen LogP contribution in [-0.2, 0) is 17.9 Å². The van der Waals surface area contributed by atoms with E-state index < -0.39 is 10.8 Å². The summed E-state index contributed by atoms with van der Waals surface area (Å²) in [6.07, 6.45) is 0.585. The molecule has 0 radical (unpaired) electrons. The molecule has 0 saturated carbocycles. The van der Waals surface area contributed by atoms with Gasteiger partial charge in [-0.15, -0.1) is 21.5 Å². The molecule has 0 saturated heterocycles. The average Bonchev–Trinajstić information content (AvgIpc) is 3.88. The predicted octanol–water partition coefficient (Wildman–Crippen LogP) is 6.01. The fraction of sp³-hybridized carbons (Fsp3) is 0.206. The first-order valence-corrected chi connectivity index (χ1v) is 16.9. The van der Waals surface area contributed by atoms with Crippen molar-refractivity contribution in [2.24, 2.45) is 5.10 Å². The molecule has 1 aliphatic heterocycles. The van der Waals surface area contributed by atoms with E-state index in [0.717, 1.165) is 27.5 Å². The van der Waals surface area contributed by atoms with Gasteiger partial charge in [0, 0.05) is 23.6 Å². The van der Waals surface area contributed by atoms with Crippen LogP contribution in [0.5, 0.6) is 5.75 Å². The summed E-state index contributed by atoms with van der Waals surface area (Å²) in [5.41, 5.74) is 3.15. The Balaban J connectivity index is 1.21. The Labute approximate surface area is 284 Å². The van der Waals surface area contributed by atoms with Crippen LogP contribution in [0.4, 0.5) is 5.69 Å². The number of aromatic nitrogens is 3. The van der Waals surface area contributed by atoms with Crippen molar-refractivity contribution in [3.8, 4) is 5.75 Å². The van der Waals surface area contributed by atoms with Gasteiger partial charge in [0.15, 0.2) is 11.0 Å². The molecular weight excluding hydrogens is 651 g/mol. The van der Waals surface area contributed by atoms with E-state index in [9.17, 15) is 19.7 Å². The summed E-state index contributed by atoms with van der Waals surface area (Å²) >= 11 is 2.83. The molecule has 2 amide bonds. The normalized spacial score (nSPS) is 14.1. The molecule has 244 valence electrons. The van der Waals surface area contributed by atoms with Gasteiger partial charge in [0.25, 0.3) is 17.5 Å². The second kappa shape index (κ2) is 14.6. The lowest BCUT2D eigenvalue weighted by Crippen LogP contribution is -2.28. The Morgan fingerprint density at radius 3 is 2.54 bits per heavy atom. The first kappa shape index (κ1) is 32.6. The summed E-state index contributed by atoms with van der Waals surface area (Å²) in [5, 5.41) is 31.8. The van der Waals surface area contributed by atoms with Crippen molar-refractivity contribution >= 4 is 46.3 Å². The monoisotopic (exact) mass is 681 g/mol. The number of benzene rings is 3. The smallest absolute Gasteiger partial charge is 0.273 e. The van der Waals surface area contributed by atoms with E-state index in [1.54, 1.807) is 36.4 Å². The molecule has 48 heavy (non-hydrogen) atoms. The van der Waals surface area contributed by atoms with Crippen molar-refractivity contribution in [2.45, 2.75) is 37.6 Å². The van der Waals surface area contributed by atoms with Gasteiger partial charge >= 0.3 is 0 Å². The first-order chi connectivity index (χ1) is 23.3. The van der Waals surface area contributed by atoms with Gasteiger partial charge in [-0.3, -0.25) is 19.7 Å². The van der Waals surface area contributed by atoms with Crippen LogP contribution in [0, 0.1) is 17.0 Å². The lowest BCUT2D eigenvalue weighted by atomic mass is 10.0. The maximum absolute atomic E-state index is 13.8. The molecule has 5 aromatic rings. The molecule has 1 aliphatic rings. The number of rotatable bonds is 12. The first-order valence-electron chi connectivity index (χ1n) is 15.0. The highest BCUT2D eigenvalue weighted by molar-refractivity contribution is 7.99. The molecular formula is C34H31N7O5S2. The van der Waals surface area contributed by atoms with Gasteiger partial charge < -0.3 is 14.6 Å². The third-order valence-electron chi connectivity index (χ3n) is 7.93. The van der Waals surface area contributed by atoms with Crippen molar-refractivity contribution < 1.29 is 19.2 Å². The number of nitro groups is 1. The topological polar surface area (TPSA) is 145 Å². The summed E-state index contributed by atoms with van der Waals surface area (Å²) in [4.78, 5) is 38.8. The van der Waals surface area contributed by atoms with Crippen LogP contribution < -0.4 is 10.1 Å². The highest BCUT2D eigenvalue weighted by Crippen LogP contribution is 2.35. The van der Waals surface area contributed by atoms with Crippen molar-refractivity contribution in [1.82, 2.24) is 25.1 Å². The zero-order valence-corrected chi connectivity index (χ0v) is 27.7. The van der Waals surface area contributed by atoms with E-state index in [1.807, 2.05) is 76.7 Å². The number of hydrazone groups is 1. The lowest BCUT2D eigenvalue weighted by molar-refractivity contribution is -0.385. The molecule has 3 aromatic carbocycles. The highest BCUT2D eigenvalue weighted by Gasteiger charge is 2.34. The number of ether oxygens (including phenoxy) is 1. The Morgan fingerprint density at radius 2 is 1.83 bits per heavy atom. The zero-order chi connectivity index (χ0) is 33.6. The number of nitrogens with one attached hydrogen (secondary N) is 1. The van der Waals surface area contributed by atoms with Crippen LogP contribution in [0.1, 0.15) is 50.2 Å². The number of thiophene rings is 1. The number of hydrogen-bond acceptors (Lipinski definition) is 10. The number of carbonyl (C=O) groups excluding carboxylic acids is 2. The lowest BCUT2D eigenvalue weighted by Gasteiger charge is -2.22. The van der Waals surface area contributed by atoms with Crippen molar-refractivity contribution in [3.63, 3.8) is 0 Å². The summed E-state index contributed by atoms with van der Waals surface area (Å²) in [5.74, 6) is 0.612. The molecule has 3 heterocycles. The number of nitrogens with zero attached hydrogens (tertiary/aromatic N) is 6. The van der Waals surface area contributed by atoms with Gasteiger partial charge in [-0.1, -0.05) is 66.4 Å². The fourth-order valence-corrected chi connectivity index (χ4v) is 6.94. The van der Waals surface area contributed by atoms with E-state index in [1.165, 1.54) is 23.9 Å². The van der Waals surface area contributed by atoms with Gasteiger partial charge in [0.05, 0.1) is 47.5 Å². The zero-order valence-electron chi connectivity index (χ0n) is 26.1. The molecule has 6 rings (SSSR count). The maximum atomic E-state index is 13.8. The Bertz CT molecular complexity index is 1960. The fourth-order valence-electron chi connectivity index (χ4n) is 5.41. The Hall–Kier alpha value is -5.34. The number of thioether (sulfide) groups is 1. The average molecular weight is 682 g/mol. The molecule has 1 atom stereocenters. The maximum Gasteiger partial charge on any atom is 0.273 e. The molecule has 0 bridgehead atoms. The number of hydrogen-bond donors (Lipinski definition) is 1. The number of methoxy groups -OCH3 is 1. The third kappa shape index (κ3) is 7.14. The highest BCUT2D eigenvalue weighted by atomic mass is 32.2. The summed E-state index contributed by atoms with van der Waals surface area (Å²) < 4.78 is 7.19. The van der Waals surface area contributed by atoms with Crippen LogP contribution >= 0.6 is 23.1 Å². The molecule has 2 aromatic heterocycles. The summed E-state index contributed by atoms with van der Waals surface area (Å²) in [6, 6.07) is 25.5.